The number of carbonyl (C=O) groups excluding carboxylic acids is 1. The summed E-state index contributed by atoms with van der Waals surface area (Å²) in [5.74, 6) is -0.632. The topological polar surface area (TPSA) is 42.1 Å². The van der Waals surface area contributed by atoms with Gasteiger partial charge in [-0.05, 0) is 49.7 Å². The van der Waals surface area contributed by atoms with Gasteiger partial charge in [-0.25, -0.2) is 9.18 Å². The fourth-order valence-corrected chi connectivity index (χ4v) is 1.76. The first-order chi connectivity index (χ1) is 8.61. The van der Waals surface area contributed by atoms with Crippen LogP contribution >= 0.6 is 0 Å². The minimum Gasteiger partial charge on any atom is -0.462 e. The fraction of sp³-hybridized carbons (Fsp3) is 0.214. The maximum absolute atomic E-state index is 12.8. The molecule has 1 heterocycles. The second-order valence-electron chi connectivity index (χ2n) is 3.95. The first-order valence-electron chi connectivity index (χ1n) is 5.74. The highest BCUT2D eigenvalue weighted by Crippen LogP contribution is 2.22. The van der Waals surface area contributed by atoms with E-state index in [0.717, 1.165) is 17.0 Å². The van der Waals surface area contributed by atoms with Crippen molar-refractivity contribution < 1.29 is 13.9 Å². The van der Waals surface area contributed by atoms with Crippen molar-refractivity contribution in [2.24, 2.45) is 0 Å². The van der Waals surface area contributed by atoms with Crippen molar-refractivity contribution in [1.82, 2.24) is 4.98 Å². The molecule has 0 saturated carbocycles. The molecule has 0 aliphatic heterocycles. The molecular weight excluding hydrogens is 233 g/mol. The summed E-state index contributed by atoms with van der Waals surface area (Å²) < 4.78 is 17.8. The smallest absolute Gasteiger partial charge is 0.339 e. The Morgan fingerprint density at radius 3 is 2.61 bits per heavy atom. The molecule has 0 unspecified atom stereocenters. The summed E-state index contributed by atoms with van der Waals surface area (Å²) in [5.41, 5.74) is 2.86. The number of aromatic nitrogens is 1. The molecule has 18 heavy (non-hydrogen) atoms. The molecule has 0 saturated heterocycles. The Balaban J connectivity index is 2.34. The number of halogens is 1. The molecule has 0 amide bonds. The average molecular weight is 247 g/mol. The lowest BCUT2D eigenvalue weighted by atomic mass is 10.1. The van der Waals surface area contributed by atoms with Crippen molar-refractivity contribution in [3.63, 3.8) is 0 Å². The number of hydrogen-bond donors (Lipinski definition) is 1. The van der Waals surface area contributed by atoms with E-state index in [1.54, 1.807) is 32.0 Å². The van der Waals surface area contributed by atoms with E-state index in [9.17, 15) is 9.18 Å². The van der Waals surface area contributed by atoms with Gasteiger partial charge in [-0.1, -0.05) is 0 Å². The minimum atomic E-state index is -0.348. The number of H-pyrrole nitrogens is 1. The lowest BCUT2D eigenvalue weighted by Crippen LogP contribution is -2.04. The molecule has 1 N–H and O–H groups in total. The third-order valence-corrected chi connectivity index (χ3v) is 2.67. The normalized spacial score (nSPS) is 10.4. The van der Waals surface area contributed by atoms with E-state index in [1.807, 2.05) is 0 Å². The molecule has 1 aromatic carbocycles. The number of carbonyl (C=O) groups is 1. The molecule has 0 fully saturated rings. The molecule has 1 aromatic heterocycles. The SMILES string of the molecule is CCOC(=O)c1cc(-c2ccc(F)cc2)[nH]c1C. The average Bonchev–Trinajstić information content (AvgIpc) is 2.72. The van der Waals surface area contributed by atoms with Crippen molar-refractivity contribution in [1.29, 1.82) is 0 Å². The van der Waals surface area contributed by atoms with Crippen molar-refractivity contribution >= 4 is 5.97 Å². The van der Waals surface area contributed by atoms with E-state index < -0.39 is 0 Å². The first-order valence-corrected chi connectivity index (χ1v) is 5.74. The van der Waals surface area contributed by atoms with Crippen LogP contribution in [0, 0.1) is 12.7 Å². The van der Waals surface area contributed by atoms with E-state index in [2.05, 4.69) is 4.98 Å². The van der Waals surface area contributed by atoms with E-state index in [4.69, 9.17) is 4.74 Å². The van der Waals surface area contributed by atoms with Crippen LogP contribution in [0.1, 0.15) is 23.0 Å². The summed E-state index contributed by atoms with van der Waals surface area (Å²) in [6, 6.07) is 7.82. The Hall–Kier alpha value is -2.10. The maximum Gasteiger partial charge on any atom is 0.339 e. The summed E-state index contributed by atoms with van der Waals surface area (Å²) in [6.45, 7) is 3.91. The van der Waals surface area contributed by atoms with Gasteiger partial charge in [0.25, 0.3) is 0 Å². The zero-order chi connectivity index (χ0) is 13.1. The highest BCUT2D eigenvalue weighted by atomic mass is 19.1. The lowest BCUT2D eigenvalue weighted by Gasteiger charge is -1.98. The van der Waals surface area contributed by atoms with Gasteiger partial charge in [0.1, 0.15) is 5.82 Å². The van der Waals surface area contributed by atoms with Gasteiger partial charge < -0.3 is 9.72 Å². The van der Waals surface area contributed by atoms with Crippen molar-refractivity contribution in [2.75, 3.05) is 6.61 Å². The second kappa shape index (κ2) is 5.04. The Labute approximate surface area is 105 Å². The van der Waals surface area contributed by atoms with E-state index in [1.165, 1.54) is 12.1 Å². The zero-order valence-electron chi connectivity index (χ0n) is 10.3. The quantitative estimate of drug-likeness (QED) is 0.845. The van der Waals surface area contributed by atoms with Crippen molar-refractivity contribution in [3.8, 4) is 11.3 Å². The summed E-state index contributed by atoms with van der Waals surface area (Å²) in [6.07, 6.45) is 0. The molecule has 0 atom stereocenters. The van der Waals surface area contributed by atoms with Gasteiger partial charge in [0, 0.05) is 11.4 Å². The van der Waals surface area contributed by atoms with Crippen LogP contribution in [0.3, 0.4) is 0 Å². The van der Waals surface area contributed by atoms with Crippen LogP contribution in [-0.4, -0.2) is 17.6 Å². The molecule has 3 nitrogen and oxygen atoms in total. The Morgan fingerprint density at radius 2 is 2.00 bits per heavy atom. The van der Waals surface area contributed by atoms with Crippen LogP contribution in [0.5, 0.6) is 0 Å². The van der Waals surface area contributed by atoms with Crippen LogP contribution in [-0.2, 0) is 4.74 Å². The van der Waals surface area contributed by atoms with Crippen LogP contribution < -0.4 is 0 Å². The maximum atomic E-state index is 12.8. The third kappa shape index (κ3) is 2.42. The summed E-state index contributed by atoms with van der Waals surface area (Å²) in [4.78, 5) is 14.8. The summed E-state index contributed by atoms with van der Waals surface area (Å²) >= 11 is 0. The van der Waals surface area contributed by atoms with Crippen LogP contribution in [0.25, 0.3) is 11.3 Å². The minimum absolute atomic E-state index is 0.285. The predicted molar refractivity (Wildman–Crippen MR) is 66.9 cm³/mol. The van der Waals surface area contributed by atoms with Gasteiger partial charge in [-0.15, -0.1) is 0 Å². The first kappa shape index (κ1) is 12.4. The van der Waals surface area contributed by atoms with Gasteiger partial charge in [0.2, 0.25) is 0 Å². The van der Waals surface area contributed by atoms with E-state index in [0.29, 0.717) is 12.2 Å². The van der Waals surface area contributed by atoms with Crippen LogP contribution in [0.2, 0.25) is 0 Å². The number of esters is 1. The van der Waals surface area contributed by atoms with Gasteiger partial charge in [0.15, 0.2) is 0 Å². The highest BCUT2D eigenvalue weighted by Gasteiger charge is 2.14. The Bertz CT molecular complexity index is 558. The van der Waals surface area contributed by atoms with Gasteiger partial charge in [0.05, 0.1) is 12.2 Å². The predicted octanol–water partition coefficient (Wildman–Crippen LogP) is 3.31. The van der Waals surface area contributed by atoms with Crippen molar-refractivity contribution in [2.45, 2.75) is 13.8 Å². The number of ether oxygens (including phenoxy) is 1. The number of hydrogen-bond acceptors (Lipinski definition) is 2. The third-order valence-electron chi connectivity index (χ3n) is 2.67. The molecule has 0 spiro atoms. The van der Waals surface area contributed by atoms with Crippen LogP contribution in [0.4, 0.5) is 4.39 Å². The molecule has 0 aliphatic rings. The van der Waals surface area contributed by atoms with E-state index in [-0.39, 0.29) is 11.8 Å². The van der Waals surface area contributed by atoms with Gasteiger partial charge >= 0.3 is 5.97 Å². The van der Waals surface area contributed by atoms with Gasteiger partial charge in [-0.3, -0.25) is 0 Å². The molecule has 94 valence electrons. The number of benzene rings is 1. The monoisotopic (exact) mass is 247 g/mol. The Morgan fingerprint density at radius 1 is 1.33 bits per heavy atom. The largest absolute Gasteiger partial charge is 0.462 e. The number of nitrogens with one attached hydrogen (secondary N) is 1. The lowest BCUT2D eigenvalue weighted by molar-refractivity contribution is 0.0526. The molecule has 2 aromatic rings. The molecule has 0 bridgehead atoms. The zero-order valence-corrected chi connectivity index (χ0v) is 10.3. The van der Waals surface area contributed by atoms with Crippen LogP contribution in [0.15, 0.2) is 30.3 Å². The standard InChI is InChI=1S/C14H14FNO2/c1-3-18-14(17)12-8-13(16-9(12)2)10-4-6-11(15)7-5-10/h4-8,16H,3H2,1-2H3. The fourth-order valence-electron chi connectivity index (χ4n) is 1.76. The molecule has 4 heteroatoms. The number of rotatable bonds is 3. The van der Waals surface area contributed by atoms with Crippen molar-refractivity contribution in [3.05, 3.63) is 47.4 Å². The summed E-state index contributed by atoms with van der Waals surface area (Å²) in [5, 5.41) is 0. The van der Waals surface area contributed by atoms with Gasteiger partial charge in [-0.2, -0.15) is 0 Å². The molecular formula is C14H14FNO2. The number of aryl methyl sites for hydroxylation is 1. The summed E-state index contributed by atoms with van der Waals surface area (Å²) in [7, 11) is 0. The molecule has 0 radical (unpaired) electrons. The number of aromatic amines is 1. The Kier molecular flexibility index (Phi) is 3.46. The highest BCUT2D eigenvalue weighted by molar-refractivity contribution is 5.92. The van der Waals surface area contributed by atoms with E-state index >= 15 is 0 Å². The molecule has 0 aliphatic carbocycles. The second-order valence-corrected chi connectivity index (χ2v) is 3.95. The molecule has 2 rings (SSSR count).